The zero-order valence-corrected chi connectivity index (χ0v) is 28.1. The molecule has 4 N–H and O–H groups in total. The Kier molecular flexibility index (Phi) is 15.1. The molecule has 0 bridgehead atoms. The number of phenolic OH excluding ortho intramolecular Hbond substituents is 2. The first-order valence-corrected chi connectivity index (χ1v) is 16.5. The Morgan fingerprint density at radius 2 is 0.837 bits per heavy atom. The molecule has 0 unspecified atom stereocenters. The van der Waals surface area contributed by atoms with Gasteiger partial charge in [0.1, 0.15) is 11.5 Å². The number of hydrogen-bond donors (Lipinski definition) is 4. The number of benzene rings is 2. The second kappa shape index (κ2) is 17.9. The number of rotatable bonds is 18. The van der Waals surface area contributed by atoms with Crippen molar-refractivity contribution >= 4 is 11.8 Å². The Bertz CT molecular complexity index is 1030. The molecule has 2 aromatic carbocycles. The van der Waals surface area contributed by atoms with Crippen LogP contribution in [0.15, 0.2) is 24.3 Å². The van der Waals surface area contributed by atoms with Gasteiger partial charge in [0, 0.05) is 12.8 Å². The van der Waals surface area contributed by atoms with Crippen LogP contribution in [0.1, 0.15) is 114 Å². The monoisotopic (exact) mass is 594 g/mol. The summed E-state index contributed by atoms with van der Waals surface area (Å²) in [6, 6.07) is 8.36. The smallest absolute Gasteiger partial charge is 0.221 e. The molecule has 240 valence electrons. The topological polar surface area (TPSA) is 98.7 Å². The van der Waals surface area contributed by atoms with Crippen molar-refractivity contribution in [1.29, 1.82) is 0 Å². The van der Waals surface area contributed by atoms with Gasteiger partial charge in [-0.05, 0) is 108 Å². The Morgan fingerprint density at radius 3 is 1.09 bits per heavy atom. The van der Waals surface area contributed by atoms with Crippen molar-refractivity contribution < 1.29 is 19.8 Å². The van der Waals surface area contributed by atoms with E-state index in [0.717, 1.165) is 71.9 Å². The molecule has 0 aliphatic rings. The lowest BCUT2D eigenvalue weighted by Gasteiger charge is -2.16. The van der Waals surface area contributed by atoms with Gasteiger partial charge >= 0.3 is 0 Å². The van der Waals surface area contributed by atoms with Crippen LogP contribution in [-0.2, 0) is 48.1 Å². The molecule has 2 amide bonds. The van der Waals surface area contributed by atoms with Crippen LogP contribution in [0.4, 0.5) is 0 Å². The van der Waals surface area contributed by atoms with Crippen molar-refractivity contribution in [2.45, 2.75) is 120 Å². The number of carbonyl (C=O) groups excluding carboxylic acids is 2. The van der Waals surface area contributed by atoms with Gasteiger partial charge < -0.3 is 20.8 Å². The van der Waals surface area contributed by atoms with Crippen LogP contribution >= 0.6 is 0 Å². The van der Waals surface area contributed by atoms with Crippen molar-refractivity contribution in [3.63, 3.8) is 0 Å². The maximum atomic E-state index is 12.4. The van der Waals surface area contributed by atoms with Gasteiger partial charge in [-0.3, -0.25) is 9.59 Å². The number of hydrogen-bond acceptors (Lipinski definition) is 4. The van der Waals surface area contributed by atoms with Crippen LogP contribution in [0, 0.1) is 23.7 Å². The van der Waals surface area contributed by atoms with E-state index in [2.05, 4.69) is 90.3 Å². The van der Waals surface area contributed by atoms with Gasteiger partial charge in [-0.2, -0.15) is 0 Å². The molecule has 0 aliphatic carbocycles. The first kappa shape index (κ1) is 36.2. The van der Waals surface area contributed by atoms with E-state index >= 15 is 0 Å². The number of carbonyl (C=O) groups is 2. The summed E-state index contributed by atoms with van der Waals surface area (Å²) in [5.74, 6) is 2.49. The fourth-order valence-corrected chi connectivity index (χ4v) is 5.66. The highest BCUT2D eigenvalue weighted by Gasteiger charge is 2.15. The van der Waals surface area contributed by atoms with Gasteiger partial charge in [-0.15, -0.1) is 0 Å². The number of phenols is 2. The van der Waals surface area contributed by atoms with E-state index in [4.69, 9.17) is 0 Å². The maximum Gasteiger partial charge on any atom is 0.221 e. The molecule has 0 spiro atoms. The number of aryl methyl sites for hydroxylation is 2. The molecule has 0 fully saturated rings. The first-order chi connectivity index (χ1) is 20.2. The van der Waals surface area contributed by atoms with Crippen LogP contribution in [0.3, 0.4) is 0 Å². The van der Waals surface area contributed by atoms with E-state index in [1.54, 1.807) is 0 Å². The average Bonchev–Trinajstić information content (AvgIpc) is 2.88. The van der Waals surface area contributed by atoms with Gasteiger partial charge in [-0.25, -0.2) is 0 Å². The lowest BCUT2D eigenvalue weighted by atomic mass is 9.92. The third kappa shape index (κ3) is 13.4. The normalized spacial score (nSPS) is 11.6. The molecule has 0 saturated heterocycles. The fraction of sp³-hybridized carbons (Fsp3) is 0.622. The van der Waals surface area contributed by atoms with Crippen molar-refractivity contribution in [3.8, 4) is 11.5 Å². The Hall–Kier alpha value is -3.02. The molecule has 0 aromatic heterocycles. The summed E-state index contributed by atoms with van der Waals surface area (Å²) in [5, 5.41) is 27.1. The number of amides is 2. The van der Waals surface area contributed by atoms with E-state index in [1.807, 2.05) is 0 Å². The van der Waals surface area contributed by atoms with E-state index in [0.29, 0.717) is 60.9 Å². The molecule has 0 atom stereocenters. The second-order valence-corrected chi connectivity index (χ2v) is 14.0. The largest absolute Gasteiger partial charge is 0.507 e. The second-order valence-electron chi connectivity index (χ2n) is 14.0. The zero-order valence-electron chi connectivity index (χ0n) is 28.1. The van der Waals surface area contributed by atoms with Crippen LogP contribution < -0.4 is 10.6 Å². The highest BCUT2D eigenvalue weighted by atomic mass is 16.3. The van der Waals surface area contributed by atoms with Gasteiger partial charge in [0.2, 0.25) is 11.8 Å². The molecule has 2 aromatic rings. The molecule has 6 nitrogen and oxygen atoms in total. The molecular weight excluding hydrogens is 536 g/mol. The number of aromatic hydroxyl groups is 2. The predicted molar refractivity (Wildman–Crippen MR) is 177 cm³/mol. The minimum atomic E-state index is -0.0802. The van der Waals surface area contributed by atoms with Crippen LogP contribution in [0.2, 0.25) is 0 Å². The molecule has 6 heteroatoms. The Balaban J connectivity index is 1.79. The van der Waals surface area contributed by atoms with Crippen molar-refractivity contribution in [2.24, 2.45) is 23.7 Å². The Morgan fingerprint density at radius 1 is 0.558 bits per heavy atom. The third-order valence-electron chi connectivity index (χ3n) is 7.48. The molecule has 2 rings (SSSR count). The van der Waals surface area contributed by atoms with Gasteiger partial charge in [0.25, 0.3) is 0 Å². The molecule has 0 heterocycles. The van der Waals surface area contributed by atoms with Crippen molar-refractivity contribution in [1.82, 2.24) is 10.6 Å². The van der Waals surface area contributed by atoms with Gasteiger partial charge in [0.05, 0.1) is 6.67 Å². The summed E-state index contributed by atoms with van der Waals surface area (Å²) in [5.41, 5.74) is 6.29. The fourth-order valence-electron chi connectivity index (χ4n) is 5.66. The van der Waals surface area contributed by atoms with Crippen LogP contribution in [0.5, 0.6) is 11.5 Å². The zero-order chi connectivity index (χ0) is 32.1. The third-order valence-corrected chi connectivity index (χ3v) is 7.48. The maximum absolute atomic E-state index is 12.4. The summed E-state index contributed by atoms with van der Waals surface area (Å²) < 4.78 is 0. The molecule has 0 aliphatic heterocycles. The average molecular weight is 595 g/mol. The lowest BCUT2D eigenvalue weighted by molar-refractivity contribution is -0.122. The quantitative estimate of drug-likeness (QED) is 0.135. The van der Waals surface area contributed by atoms with Gasteiger partial charge in [-0.1, -0.05) is 79.7 Å². The summed E-state index contributed by atoms with van der Waals surface area (Å²) >= 11 is 0. The van der Waals surface area contributed by atoms with E-state index < -0.39 is 0 Å². The van der Waals surface area contributed by atoms with E-state index in [1.165, 1.54) is 0 Å². The highest BCUT2D eigenvalue weighted by molar-refractivity contribution is 5.78. The van der Waals surface area contributed by atoms with E-state index in [9.17, 15) is 19.8 Å². The minimum Gasteiger partial charge on any atom is -0.507 e. The van der Waals surface area contributed by atoms with Crippen molar-refractivity contribution in [3.05, 3.63) is 57.6 Å². The first-order valence-electron chi connectivity index (χ1n) is 16.5. The van der Waals surface area contributed by atoms with E-state index in [-0.39, 0.29) is 18.5 Å². The summed E-state index contributed by atoms with van der Waals surface area (Å²) in [6.45, 7) is 17.3. The van der Waals surface area contributed by atoms with Crippen LogP contribution in [0.25, 0.3) is 0 Å². The van der Waals surface area contributed by atoms with Crippen LogP contribution in [-0.4, -0.2) is 28.7 Å². The minimum absolute atomic E-state index is 0.0802. The molecule has 0 saturated carbocycles. The summed E-state index contributed by atoms with van der Waals surface area (Å²) in [6.07, 6.45) is 7.04. The standard InChI is InChI=1S/C37H58N2O4/c1-24(2)15-30-19-28(20-31(36(30)42)16-25(3)4)11-9-13-34(40)38-23-39-35(41)14-10-12-29-21-32(17-26(5)6)37(43)33(22-29)18-27(7)8/h19-22,24-27,42-43H,9-18,23H2,1-8H3,(H,38,40)(H,39,41). The predicted octanol–water partition coefficient (Wildman–Crippen LogP) is 7.43. The number of nitrogens with one attached hydrogen (secondary N) is 2. The van der Waals surface area contributed by atoms with Gasteiger partial charge in [0.15, 0.2) is 0 Å². The van der Waals surface area contributed by atoms with Crippen molar-refractivity contribution in [2.75, 3.05) is 6.67 Å². The highest BCUT2D eigenvalue weighted by Crippen LogP contribution is 2.31. The molecular formula is C37H58N2O4. The molecule has 43 heavy (non-hydrogen) atoms. The molecule has 0 radical (unpaired) electrons. The summed E-state index contributed by atoms with van der Waals surface area (Å²) in [7, 11) is 0. The Labute approximate surface area is 261 Å². The SMILES string of the molecule is CC(C)Cc1cc(CCCC(=O)NCNC(=O)CCCc2cc(CC(C)C)c(O)c(CC(C)C)c2)cc(CC(C)C)c1O. The lowest BCUT2D eigenvalue weighted by Crippen LogP contribution is -2.37. The summed E-state index contributed by atoms with van der Waals surface area (Å²) in [4.78, 5) is 24.8.